The zero-order chi connectivity index (χ0) is 23.9. The lowest BCUT2D eigenvalue weighted by atomic mass is 9.82. The van der Waals surface area contributed by atoms with Gasteiger partial charge in [-0.15, -0.1) is 0 Å². The van der Waals surface area contributed by atoms with Crippen LogP contribution in [0.25, 0.3) is 0 Å². The molecule has 0 radical (unpaired) electrons. The lowest BCUT2D eigenvalue weighted by Crippen LogP contribution is -2.06. The van der Waals surface area contributed by atoms with Crippen LogP contribution in [0.2, 0.25) is 0 Å². The standard InChI is InChI=1S/C35H34/c1-27(26-30-12-6-3-7-13-30)16-21-32-24-25-34(31-14-8-9-15-31)35(32)33-22-19-29(20-23-33)18-17-28-10-4-2-5-11-28/h2-14,19-20,22-25,35H,1,15-18,21,26H2. The van der Waals surface area contributed by atoms with E-state index in [1.54, 1.807) is 0 Å². The van der Waals surface area contributed by atoms with Gasteiger partial charge in [0.2, 0.25) is 0 Å². The summed E-state index contributed by atoms with van der Waals surface area (Å²) < 4.78 is 0. The highest BCUT2D eigenvalue weighted by molar-refractivity contribution is 5.56. The van der Waals surface area contributed by atoms with Gasteiger partial charge >= 0.3 is 0 Å². The van der Waals surface area contributed by atoms with Gasteiger partial charge in [-0.1, -0.05) is 133 Å². The van der Waals surface area contributed by atoms with Crippen LogP contribution in [0, 0.1) is 0 Å². The van der Waals surface area contributed by atoms with E-state index in [2.05, 4.69) is 122 Å². The van der Waals surface area contributed by atoms with Crippen molar-refractivity contribution in [3.8, 4) is 0 Å². The average Bonchev–Trinajstić information content (AvgIpc) is 3.58. The van der Waals surface area contributed by atoms with Gasteiger partial charge in [0.25, 0.3) is 0 Å². The Kier molecular flexibility index (Phi) is 7.39. The first-order valence-electron chi connectivity index (χ1n) is 12.9. The van der Waals surface area contributed by atoms with Crippen molar-refractivity contribution >= 4 is 0 Å². The van der Waals surface area contributed by atoms with Gasteiger partial charge in [0.15, 0.2) is 0 Å². The van der Waals surface area contributed by atoms with Crippen LogP contribution in [-0.2, 0) is 19.3 Å². The molecule has 2 aliphatic carbocycles. The van der Waals surface area contributed by atoms with Gasteiger partial charge in [-0.2, -0.15) is 0 Å². The summed E-state index contributed by atoms with van der Waals surface area (Å²) in [4.78, 5) is 0. The molecule has 5 rings (SSSR count). The fraction of sp³-hybridized carbons (Fsp3) is 0.200. The molecule has 0 N–H and O–H groups in total. The molecule has 3 aromatic carbocycles. The Bertz CT molecular complexity index is 1260. The minimum Gasteiger partial charge on any atom is -0.0995 e. The maximum absolute atomic E-state index is 4.40. The van der Waals surface area contributed by atoms with Crippen LogP contribution in [0.4, 0.5) is 0 Å². The molecule has 3 aromatic rings. The molecule has 35 heavy (non-hydrogen) atoms. The Hall–Kier alpha value is -3.64. The number of allylic oxidation sites excluding steroid dienone is 9. The molecule has 0 nitrogen and oxygen atoms in total. The number of benzene rings is 3. The van der Waals surface area contributed by atoms with Crippen LogP contribution in [-0.4, -0.2) is 0 Å². The molecule has 0 saturated heterocycles. The Morgan fingerprint density at radius 1 is 0.686 bits per heavy atom. The third kappa shape index (κ3) is 5.89. The van der Waals surface area contributed by atoms with Crippen molar-refractivity contribution in [2.75, 3.05) is 0 Å². The van der Waals surface area contributed by atoms with Crippen molar-refractivity contribution in [3.05, 3.63) is 166 Å². The third-order valence-corrected chi connectivity index (χ3v) is 7.22. The highest BCUT2D eigenvalue weighted by atomic mass is 14.3. The van der Waals surface area contributed by atoms with Crippen molar-refractivity contribution in [3.63, 3.8) is 0 Å². The summed E-state index contributed by atoms with van der Waals surface area (Å²) in [5, 5.41) is 0. The second kappa shape index (κ2) is 11.2. The van der Waals surface area contributed by atoms with E-state index in [1.165, 1.54) is 44.5 Å². The van der Waals surface area contributed by atoms with Gasteiger partial charge in [-0.3, -0.25) is 0 Å². The molecule has 0 aliphatic heterocycles. The number of aryl methyl sites for hydroxylation is 2. The SMILES string of the molecule is C=C(CCC1=CC=C(C2=CC=CC2)C1c1ccc(CCc2ccccc2)cc1)Cc1ccccc1. The summed E-state index contributed by atoms with van der Waals surface area (Å²) in [5.74, 6) is 0.355. The molecule has 0 heteroatoms. The van der Waals surface area contributed by atoms with Crippen LogP contribution >= 0.6 is 0 Å². The van der Waals surface area contributed by atoms with Gasteiger partial charge in [-0.05, 0) is 71.9 Å². The Morgan fingerprint density at radius 3 is 2.00 bits per heavy atom. The number of rotatable bonds is 10. The molecule has 0 fully saturated rings. The molecule has 0 amide bonds. The first-order valence-corrected chi connectivity index (χ1v) is 12.9. The number of hydrogen-bond donors (Lipinski definition) is 0. The Labute approximate surface area is 210 Å². The van der Waals surface area contributed by atoms with Crippen LogP contribution in [0.15, 0.2) is 144 Å². The summed E-state index contributed by atoms with van der Waals surface area (Å²) in [6, 6.07) is 30.9. The summed E-state index contributed by atoms with van der Waals surface area (Å²) in [7, 11) is 0. The van der Waals surface area contributed by atoms with Crippen LogP contribution in [0.1, 0.15) is 47.4 Å². The van der Waals surface area contributed by atoms with E-state index < -0.39 is 0 Å². The molecular formula is C35H34. The largest absolute Gasteiger partial charge is 0.0995 e. The second-order valence-electron chi connectivity index (χ2n) is 9.76. The predicted octanol–water partition coefficient (Wildman–Crippen LogP) is 8.89. The van der Waals surface area contributed by atoms with Crippen molar-refractivity contribution in [2.24, 2.45) is 0 Å². The summed E-state index contributed by atoms with van der Waals surface area (Å²) in [5.41, 5.74) is 11.3. The fourth-order valence-electron chi connectivity index (χ4n) is 5.27. The van der Waals surface area contributed by atoms with Gasteiger partial charge in [0, 0.05) is 5.92 Å². The lowest BCUT2D eigenvalue weighted by molar-refractivity contribution is 0.813. The monoisotopic (exact) mass is 454 g/mol. The summed E-state index contributed by atoms with van der Waals surface area (Å²) in [6.45, 7) is 4.40. The average molecular weight is 455 g/mol. The second-order valence-corrected chi connectivity index (χ2v) is 9.76. The van der Waals surface area contributed by atoms with Gasteiger partial charge in [0.05, 0.1) is 0 Å². The van der Waals surface area contributed by atoms with E-state index in [-0.39, 0.29) is 0 Å². The van der Waals surface area contributed by atoms with E-state index in [9.17, 15) is 0 Å². The number of hydrogen-bond acceptors (Lipinski definition) is 0. The van der Waals surface area contributed by atoms with Crippen molar-refractivity contribution in [2.45, 2.75) is 44.4 Å². The third-order valence-electron chi connectivity index (χ3n) is 7.22. The molecule has 1 atom stereocenters. The van der Waals surface area contributed by atoms with E-state index in [0.29, 0.717) is 5.92 Å². The summed E-state index contributed by atoms with van der Waals surface area (Å²) >= 11 is 0. The maximum atomic E-state index is 4.40. The molecule has 0 bridgehead atoms. The highest BCUT2D eigenvalue weighted by Crippen LogP contribution is 2.44. The summed E-state index contributed by atoms with van der Waals surface area (Å²) in [6.07, 6.45) is 17.7. The van der Waals surface area contributed by atoms with Gasteiger partial charge in [-0.25, -0.2) is 0 Å². The molecule has 0 aromatic heterocycles. The lowest BCUT2D eigenvalue weighted by Gasteiger charge is -2.22. The van der Waals surface area contributed by atoms with Crippen molar-refractivity contribution in [1.29, 1.82) is 0 Å². The fourth-order valence-corrected chi connectivity index (χ4v) is 5.27. The molecule has 174 valence electrons. The maximum Gasteiger partial charge on any atom is 0.0304 e. The van der Waals surface area contributed by atoms with Gasteiger partial charge in [0.1, 0.15) is 0 Å². The zero-order valence-electron chi connectivity index (χ0n) is 20.5. The predicted molar refractivity (Wildman–Crippen MR) is 150 cm³/mol. The van der Waals surface area contributed by atoms with Crippen LogP contribution in [0.3, 0.4) is 0 Å². The van der Waals surface area contributed by atoms with Crippen molar-refractivity contribution in [1.82, 2.24) is 0 Å². The van der Waals surface area contributed by atoms with Crippen molar-refractivity contribution < 1.29 is 0 Å². The van der Waals surface area contributed by atoms with E-state index in [0.717, 1.165) is 38.5 Å². The quantitative estimate of drug-likeness (QED) is 0.268. The first kappa shape index (κ1) is 23.1. The molecule has 0 spiro atoms. The first-order chi connectivity index (χ1) is 17.3. The normalized spacial score (nSPS) is 16.7. The van der Waals surface area contributed by atoms with E-state index >= 15 is 0 Å². The molecule has 2 aliphatic rings. The smallest absolute Gasteiger partial charge is 0.0304 e. The highest BCUT2D eigenvalue weighted by Gasteiger charge is 2.27. The molecular weight excluding hydrogens is 420 g/mol. The minimum atomic E-state index is 0.355. The zero-order valence-corrected chi connectivity index (χ0v) is 20.5. The Morgan fingerprint density at radius 2 is 1.34 bits per heavy atom. The minimum absolute atomic E-state index is 0.355. The topological polar surface area (TPSA) is 0 Å². The van der Waals surface area contributed by atoms with Gasteiger partial charge < -0.3 is 0 Å². The Balaban J connectivity index is 1.27. The van der Waals surface area contributed by atoms with Crippen LogP contribution < -0.4 is 0 Å². The molecule has 1 unspecified atom stereocenters. The van der Waals surface area contributed by atoms with Crippen LogP contribution in [0.5, 0.6) is 0 Å². The molecule has 0 heterocycles. The van der Waals surface area contributed by atoms with E-state index in [4.69, 9.17) is 0 Å². The van der Waals surface area contributed by atoms with E-state index in [1.807, 2.05) is 0 Å². The molecule has 0 saturated carbocycles.